The summed E-state index contributed by atoms with van der Waals surface area (Å²) >= 11 is 12.3. The summed E-state index contributed by atoms with van der Waals surface area (Å²) in [6, 6.07) is 5.30. The molecular weight excluding hydrogens is 351 g/mol. The van der Waals surface area contributed by atoms with Crippen LogP contribution in [0.2, 0.25) is 10.0 Å². The van der Waals surface area contributed by atoms with E-state index in [1.165, 1.54) is 11.9 Å². The van der Waals surface area contributed by atoms with Crippen molar-refractivity contribution in [2.24, 2.45) is 0 Å². The van der Waals surface area contributed by atoms with Crippen molar-refractivity contribution in [1.29, 1.82) is 0 Å². The minimum absolute atomic E-state index is 0.0537. The highest BCUT2D eigenvalue weighted by Crippen LogP contribution is 2.30. The molecule has 1 atom stereocenters. The Balaban J connectivity index is 2.53. The summed E-state index contributed by atoms with van der Waals surface area (Å²) in [5.74, 6) is -0.333. The number of hydrogen-bond acceptors (Lipinski definition) is 3. The lowest BCUT2D eigenvalue weighted by Crippen LogP contribution is -2.41. The van der Waals surface area contributed by atoms with Gasteiger partial charge in [-0.25, -0.2) is 4.79 Å². The minimum atomic E-state index is -0.600. The summed E-state index contributed by atoms with van der Waals surface area (Å²) in [6.07, 6.45) is -0.542. The number of benzene rings is 1. The van der Waals surface area contributed by atoms with Crippen LogP contribution < -0.4 is 5.32 Å². The predicted molar refractivity (Wildman–Crippen MR) is 96.8 cm³/mol. The number of amides is 2. The topological polar surface area (TPSA) is 58.6 Å². The number of rotatable bonds is 5. The van der Waals surface area contributed by atoms with E-state index >= 15 is 0 Å². The standard InChI is InChI=1S/C17H24Cl2N2O3/c1-11(15-12(18)7-6-8-13(15)19)9-20-14(22)10-21(5)16(23)24-17(2,3)4/h6-8,11H,9-10H2,1-5H3,(H,20,22). The molecule has 0 bridgehead atoms. The van der Waals surface area contributed by atoms with Crippen LogP contribution in [0.3, 0.4) is 0 Å². The molecule has 2 amide bonds. The number of nitrogens with zero attached hydrogens (tertiary/aromatic N) is 1. The van der Waals surface area contributed by atoms with E-state index in [0.717, 1.165) is 5.56 Å². The molecule has 0 fully saturated rings. The minimum Gasteiger partial charge on any atom is -0.444 e. The van der Waals surface area contributed by atoms with Crippen LogP contribution in [0.25, 0.3) is 0 Å². The molecule has 7 heteroatoms. The molecule has 0 saturated heterocycles. The largest absolute Gasteiger partial charge is 0.444 e. The third kappa shape index (κ3) is 6.57. The molecule has 1 aromatic rings. The maximum atomic E-state index is 12.0. The summed E-state index contributed by atoms with van der Waals surface area (Å²) < 4.78 is 5.20. The Bertz CT molecular complexity index is 580. The third-order valence-corrected chi connectivity index (χ3v) is 3.84. The van der Waals surface area contributed by atoms with E-state index in [2.05, 4.69) is 5.32 Å². The second-order valence-electron chi connectivity index (χ2n) is 6.68. The average Bonchev–Trinajstić information content (AvgIpc) is 2.43. The van der Waals surface area contributed by atoms with Crippen molar-refractivity contribution in [3.05, 3.63) is 33.8 Å². The van der Waals surface area contributed by atoms with E-state index in [1.807, 2.05) is 6.92 Å². The Morgan fingerprint density at radius 3 is 2.29 bits per heavy atom. The van der Waals surface area contributed by atoms with Gasteiger partial charge in [-0.05, 0) is 38.5 Å². The molecule has 24 heavy (non-hydrogen) atoms. The van der Waals surface area contributed by atoms with Crippen molar-refractivity contribution >= 4 is 35.2 Å². The molecule has 134 valence electrons. The molecular formula is C17H24Cl2N2O3. The zero-order valence-corrected chi connectivity index (χ0v) is 16.2. The molecule has 0 aliphatic carbocycles. The molecule has 0 heterocycles. The number of ether oxygens (including phenoxy) is 1. The maximum absolute atomic E-state index is 12.0. The fraction of sp³-hybridized carbons (Fsp3) is 0.529. The van der Waals surface area contributed by atoms with Crippen molar-refractivity contribution in [3.8, 4) is 0 Å². The number of halogens is 2. The molecule has 0 radical (unpaired) electrons. The molecule has 0 aliphatic heterocycles. The highest BCUT2D eigenvalue weighted by molar-refractivity contribution is 6.36. The van der Waals surface area contributed by atoms with Crippen molar-refractivity contribution in [2.75, 3.05) is 20.1 Å². The van der Waals surface area contributed by atoms with E-state index in [4.69, 9.17) is 27.9 Å². The number of carbonyl (C=O) groups is 2. The average molecular weight is 375 g/mol. The highest BCUT2D eigenvalue weighted by atomic mass is 35.5. The maximum Gasteiger partial charge on any atom is 0.410 e. The molecule has 1 N–H and O–H groups in total. The first-order chi connectivity index (χ1) is 11.0. The second kappa shape index (κ2) is 8.58. The van der Waals surface area contributed by atoms with Crippen LogP contribution in [-0.4, -0.2) is 42.6 Å². The van der Waals surface area contributed by atoms with Crippen LogP contribution in [0.15, 0.2) is 18.2 Å². The summed E-state index contributed by atoms with van der Waals surface area (Å²) in [6.45, 7) is 7.52. The number of likely N-dealkylation sites (N-methyl/N-ethyl adjacent to an activating group) is 1. The molecule has 5 nitrogen and oxygen atoms in total. The van der Waals surface area contributed by atoms with Gasteiger partial charge in [0.05, 0.1) is 0 Å². The lowest BCUT2D eigenvalue weighted by molar-refractivity contribution is -0.122. The van der Waals surface area contributed by atoms with E-state index < -0.39 is 11.7 Å². The van der Waals surface area contributed by atoms with Gasteiger partial charge in [0.25, 0.3) is 0 Å². The van der Waals surface area contributed by atoms with E-state index in [9.17, 15) is 9.59 Å². The normalized spacial score (nSPS) is 12.5. The Hall–Kier alpha value is -1.46. The smallest absolute Gasteiger partial charge is 0.410 e. The first kappa shape index (κ1) is 20.6. The van der Waals surface area contributed by atoms with Gasteiger partial charge in [0.2, 0.25) is 5.91 Å². The lowest BCUT2D eigenvalue weighted by atomic mass is 10.0. The van der Waals surface area contributed by atoms with Crippen LogP contribution >= 0.6 is 23.2 Å². The number of hydrogen-bond donors (Lipinski definition) is 1. The van der Waals surface area contributed by atoms with Gasteiger partial charge in [0.1, 0.15) is 12.1 Å². The van der Waals surface area contributed by atoms with Crippen LogP contribution in [0.5, 0.6) is 0 Å². The molecule has 0 spiro atoms. The lowest BCUT2D eigenvalue weighted by Gasteiger charge is -2.24. The van der Waals surface area contributed by atoms with Crippen molar-refractivity contribution in [3.63, 3.8) is 0 Å². The highest BCUT2D eigenvalue weighted by Gasteiger charge is 2.21. The van der Waals surface area contributed by atoms with Gasteiger partial charge in [-0.15, -0.1) is 0 Å². The molecule has 0 aromatic heterocycles. The summed E-state index contributed by atoms with van der Waals surface area (Å²) in [5, 5.41) is 3.91. The van der Waals surface area contributed by atoms with E-state index in [-0.39, 0.29) is 18.4 Å². The molecule has 1 aromatic carbocycles. The van der Waals surface area contributed by atoms with Gasteiger partial charge < -0.3 is 15.0 Å². The molecule has 0 saturated carbocycles. The van der Waals surface area contributed by atoms with Crippen LogP contribution in [0, 0.1) is 0 Å². The summed E-state index contributed by atoms with van der Waals surface area (Å²) in [7, 11) is 1.52. The number of carbonyl (C=O) groups excluding carboxylic acids is 2. The van der Waals surface area contributed by atoms with Crippen molar-refractivity contribution < 1.29 is 14.3 Å². The zero-order chi connectivity index (χ0) is 18.5. The van der Waals surface area contributed by atoms with Gasteiger partial charge in [0, 0.05) is 29.6 Å². The quantitative estimate of drug-likeness (QED) is 0.844. The van der Waals surface area contributed by atoms with Crippen molar-refractivity contribution in [2.45, 2.75) is 39.2 Å². The third-order valence-electron chi connectivity index (χ3n) is 3.18. The second-order valence-corrected chi connectivity index (χ2v) is 7.49. The molecule has 1 rings (SSSR count). The van der Waals surface area contributed by atoms with Crippen molar-refractivity contribution in [1.82, 2.24) is 10.2 Å². The van der Waals surface area contributed by atoms with Gasteiger partial charge in [-0.1, -0.05) is 36.2 Å². The van der Waals surface area contributed by atoms with Gasteiger partial charge in [0.15, 0.2) is 0 Å². The first-order valence-electron chi connectivity index (χ1n) is 7.66. The monoisotopic (exact) mass is 374 g/mol. The molecule has 1 unspecified atom stereocenters. The van der Waals surface area contributed by atoms with Gasteiger partial charge in [-0.2, -0.15) is 0 Å². The van der Waals surface area contributed by atoms with Gasteiger partial charge >= 0.3 is 6.09 Å². The van der Waals surface area contributed by atoms with Crippen LogP contribution in [0.4, 0.5) is 4.79 Å². The van der Waals surface area contributed by atoms with E-state index in [0.29, 0.717) is 16.6 Å². The Morgan fingerprint density at radius 1 is 1.25 bits per heavy atom. The Morgan fingerprint density at radius 2 is 1.79 bits per heavy atom. The van der Waals surface area contributed by atoms with Crippen LogP contribution in [0.1, 0.15) is 39.2 Å². The summed E-state index contributed by atoms with van der Waals surface area (Å²) in [4.78, 5) is 25.1. The Kier molecular flexibility index (Phi) is 7.36. The zero-order valence-electron chi connectivity index (χ0n) is 14.7. The van der Waals surface area contributed by atoms with Crippen LogP contribution in [-0.2, 0) is 9.53 Å². The first-order valence-corrected chi connectivity index (χ1v) is 8.41. The SMILES string of the molecule is CC(CNC(=O)CN(C)C(=O)OC(C)(C)C)c1c(Cl)cccc1Cl. The number of nitrogens with one attached hydrogen (secondary N) is 1. The summed E-state index contributed by atoms with van der Waals surface area (Å²) in [5.41, 5.74) is 0.193. The fourth-order valence-corrected chi connectivity index (χ4v) is 2.80. The predicted octanol–water partition coefficient (Wildman–Crippen LogP) is 4.08. The van der Waals surface area contributed by atoms with E-state index in [1.54, 1.807) is 39.0 Å². The Labute approximate surface area is 153 Å². The fourth-order valence-electron chi connectivity index (χ4n) is 2.03. The molecule has 0 aliphatic rings. The van der Waals surface area contributed by atoms with Gasteiger partial charge in [-0.3, -0.25) is 4.79 Å².